The van der Waals surface area contributed by atoms with Crippen LogP contribution in [0.4, 0.5) is 0 Å². The maximum Gasteiger partial charge on any atom is 0.257 e. The zero-order valence-corrected chi connectivity index (χ0v) is 20.0. The highest BCUT2D eigenvalue weighted by molar-refractivity contribution is 5.95. The first-order chi connectivity index (χ1) is 17.0. The summed E-state index contributed by atoms with van der Waals surface area (Å²) in [6.45, 7) is 7.14. The van der Waals surface area contributed by atoms with Crippen LogP contribution in [0.2, 0.25) is 0 Å². The summed E-state index contributed by atoms with van der Waals surface area (Å²) in [7, 11) is 0. The zero-order chi connectivity index (χ0) is 24.1. The largest absolute Gasteiger partial charge is 0.328 e. The molecule has 6 rings (SSSR count). The molecule has 0 spiro atoms. The summed E-state index contributed by atoms with van der Waals surface area (Å²) >= 11 is 0. The number of nitrogens with zero attached hydrogens (tertiary/aromatic N) is 6. The molecule has 0 aliphatic carbocycles. The van der Waals surface area contributed by atoms with Gasteiger partial charge in [0.05, 0.1) is 47.6 Å². The van der Waals surface area contributed by atoms with Crippen LogP contribution < -0.4 is 0 Å². The van der Waals surface area contributed by atoms with E-state index in [2.05, 4.69) is 41.7 Å². The molecular weight excluding hydrogens is 436 g/mol. The summed E-state index contributed by atoms with van der Waals surface area (Å²) in [5, 5.41) is 9.46. The van der Waals surface area contributed by atoms with E-state index < -0.39 is 0 Å². The molecule has 1 aliphatic heterocycles. The molecule has 35 heavy (non-hydrogen) atoms. The number of carbonyl (C=O) groups is 1. The van der Waals surface area contributed by atoms with Crippen LogP contribution in [0.1, 0.15) is 38.4 Å². The van der Waals surface area contributed by atoms with E-state index in [1.54, 1.807) is 6.20 Å². The Morgan fingerprint density at radius 2 is 1.60 bits per heavy atom. The number of aryl methyl sites for hydroxylation is 2. The Kier molecular flexibility index (Phi) is 4.91. The molecule has 0 saturated heterocycles. The van der Waals surface area contributed by atoms with E-state index in [4.69, 9.17) is 5.10 Å². The molecule has 0 saturated carbocycles. The second-order valence-electron chi connectivity index (χ2n) is 9.07. The third-order valence-electron chi connectivity index (χ3n) is 6.84. The summed E-state index contributed by atoms with van der Waals surface area (Å²) in [6.07, 6.45) is 5.71. The van der Waals surface area contributed by atoms with Crippen LogP contribution in [0.3, 0.4) is 0 Å². The first-order valence-corrected chi connectivity index (χ1v) is 11.7. The van der Waals surface area contributed by atoms with Gasteiger partial charge in [0, 0.05) is 18.0 Å². The molecule has 0 unspecified atom stereocenters. The predicted molar refractivity (Wildman–Crippen MR) is 134 cm³/mol. The van der Waals surface area contributed by atoms with Crippen LogP contribution in [-0.4, -0.2) is 34.9 Å². The van der Waals surface area contributed by atoms with E-state index >= 15 is 0 Å². The lowest BCUT2D eigenvalue weighted by atomic mass is 10.1. The van der Waals surface area contributed by atoms with Crippen molar-refractivity contribution >= 4 is 5.91 Å². The molecule has 2 aromatic carbocycles. The van der Waals surface area contributed by atoms with Gasteiger partial charge in [-0.3, -0.25) is 4.79 Å². The van der Waals surface area contributed by atoms with Gasteiger partial charge in [-0.15, -0.1) is 0 Å². The lowest BCUT2D eigenvalue weighted by Gasteiger charge is -2.18. The molecule has 4 heterocycles. The third-order valence-corrected chi connectivity index (χ3v) is 6.84. The maximum atomic E-state index is 13.5. The van der Waals surface area contributed by atoms with Gasteiger partial charge >= 0.3 is 0 Å². The van der Waals surface area contributed by atoms with Crippen molar-refractivity contribution in [1.29, 1.82) is 0 Å². The monoisotopic (exact) mass is 462 g/mol. The van der Waals surface area contributed by atoms with Crippen LogP contribution in [0.15, 0.2) is 79.3 Å². The van der Waals surface area contributed by atoms with E-state index in [0.717, 1.165) is 34.1 Å². The van der Waals surface area contributed by atoms with Crippen molar-refractivity contribution in [1.82, 2.24) is 29.0 Å². The van der Waals surface area contributed by atoms with Gasteiger partial charge in [0.15, 0.2) is 0 Å². The Hall–Kier alpha value is -4.39. The molecule has 174 valence electrons. The van der Waals surface area contributed by atoms with Gasteiger partial charge in [0.1, 0.15) is 5.82 Å². The molecule has 0 bridgehead atoms. The van der Waals surface area contributed by atoms with E-state index in [9.17, 15) is 4.79 Å². The molecule has 0 fully saturated rings. The summed E-state index contributed by atoms with van der Waals surface area (Å²) in [6, 6.07) is 20.3. The fraction of sp³-hybridized carbons (Fsp3) is 0.179. The standard InChI is InChI=1S/C28H26N6O/c1-19-11-12-23(15-20(19)2)34-27(31-13-7-8-14-31)25-17-32(18-26(25)30-34)28(35)24-16-29-33(21(24)3)22-9-5-4-6-10-22/h4-16H,17-18H2,1-3H3. The van der Waals surface area contributed by atoms with Gasteiger partial charge in [0.2, 0.25) is 0 Å². The highest BCUT2D eigenvalue weighted by Crippen LogP contribution is 2.32. The number of carbonyl (C=O) groups excluding carboxylic acids is 1. The number of para-hydroxylation sites is 1. The zero-order valence-electron chi connectivity index (χ0n) is 20.0. The quantitative estimate of drug-likeness (QED) is 0.381. The van der Waals surface area contributed by atoms with Crippen LogP contribution in [0.5, 0.6) is 0 Å². The molecule has 0 atom stereocenters. The maximum absolute atomic E-state index is 13.5. The van der Waals surface area contributed by atoms with Crippen molar-refractivity contribution in [2.45, 2.75) is 33.9 Å². The number of benzene rings is 2. The smallest absolute Gasteiger partial charge is 0.257 e. The SMILES string of the molecule is Cc1ccc(-n2nc3c(c2-n2cccc2)CN(C(=O)c2cnn(-c4ccccc4)c2C)C3)cc1C. The summed E-state index contributed by atoms with van der Waals surface area (Å²) in [5.74, 6) is 0.944. The van der Waals surface area contributed by atoms with Crippen molar-refractivity contribution < 1.29 is 4.79 Å². The van der Waals surface area contributed by atoms with Crippen molar-refractivity contribution in [2.75, 3.05) is 0 Å². The Bertz CT molecular complexity index is 1540. The third kappa shape index (κ3) is 3.47. The summed E-state index contributed by atoms with van der Waals surface area (Å²) in [5.41, 5.74) is 7.87. The van der Waals surface area contributed by atoms with Gasteiger partial charge in [0.25, 0.3) is 5.91 Å². The van der Waals surface area contributed by atoms with E-state index in [-0.39, 0.29) is 5.91 Å². The Morgan fingerprint density at radius 1 is 0.829 bits per heavy atom. The number of aromatic nitrogens is 5. The number of hydrogen-bond donors (Lipinski definition) is 0. The van der Waals surface area contributed by atoms with Crippen molar-refractivity contribution in [3.63, 3.8) is 0 Å². The van der Waals surface area contributed by atoms with Crippen LogP contribution in [0, 0.1) is 20.8 Å². The van der Waals surface area contributed by atoms with Crippen LogP contribution >= 0.6 is 0 Å². The molecule has 3 aromatic heterocycles. The van der Waals surface area contributed by atoms with Gasteiger partial charge < -0.3 is 9.47 Å². The van der Waals surface area contributed by atoms with Gasteiger partial charge in [-0.05, 0) is 68.3 Å². The van der Waals surface area contributed by atoms with E-state index in [1.807, 2.05) is 76.0 Å². The van der Waals surface area contributed by atoms with Crippen LogP contribution in [-0.2, 0) is 13.1 Å². The molecule has 1 aliphatic rings. The summed E-state index contributed by atoms with van der Waals surface area (Å²) in [4.78, 5) is 15.4. The fourth-order valence-corrected chi connectivity index (χ4v) is 4.74. The number of fused-ring (bicyclic) bond motifs is 1. The molecule has 7 heteroatoms. The predicted octanol–water partition coefficient (Wildman–Crippen LogP) is 4.93. The highest BCUT2D eigenvalue weighted by Gasteiger charge is 2.33. The fourth-order valence-electron chi connectivity index (χ4n) is 4.74. The second-order valence-corrected chi connectivity index (χ2v) is 9.07. The lowest BCUT2D eigenvalue weighted by Crippen LogP contribution is -2.27. The number of rotatable bonds is 4. The van der Waals surface area contributed by atoms with E-state index in [0.29, 0.717) is 18.7 Å². The average molecular weight is 463 g/mol. The molecule has 7 nitrogen and oxygen atoms in total. The van der Waals surface area contributed by atoms with Crippen molar-refractivity contribution in [3.8, 4) is 17.2 Å². The Labute approximate surface area is 203 Å². The Morgan fingerprint density at radius 3 is 2.34 bits per heavy atom. The average Bonchev–Trinajstić information content (AvgIpc) is 3.64. The van der Waals surface area contributed by atoms with E-state index in [1.165, 1.54) is 11.1 Å². The first-order valence-electron chi connectivity index (χ1n) is 11.7. The lowest BCUT2D eigenvalue weighted by molar-refractivity contribution is 0.0748. The molecule has 1 amide bonds. The minimum atomic E-state index is -0.0288. The van der Waals surface area contributed by atoms with Crippen molar-refractivity contribution in [2.24, 2.45) is 0 Å². The molecule has 0 radical (unpaired) electrons. The minimum absolute atomic E-state index is 0.0288. The van der Waals surface area contributed by atoms with Gasteiger partial charge in [-0.1, -0.05) is 24.3 Å². The number of hydrogen-bond acceptors (Lipinski definition) is 3. The number of amides is 1. The molecular formula is C28H26N6O. The van der Waals surface area contributed by atoms with Gasteiger partial charge in [-0.25, -0.2) is 9.36 Å². The minimum Gasteiger partial charge on any atom is -0.328 e. The Balaban J connectivity index is 1.35. The highest BCUT2D eigenvalue weighted by atomic mass is 16.2. The van der Waals surface area contributed by atoms with Gasteiger partial charge in [-0.2, -0.15) is 10.2 Å². The first kappa shape index (κ1) is 21.2. The molecule has 5 aromatic rings. The topological polar surface area (TPSA) is 60.9 Å². The summed E-state index contributed by atoms with van der Waals surface area (Å²) < 4.78 is 5.89. The second kappa shape index (κ2) is 8.13. The van der Waals surface area contributed by atoms with Crippen molar-refractivity contribution in [3.05, 3.63) is 113 Å². The normalized spacial score (nSPS) is 12.8. The molecule has 0 N–H and O–H groups in total. The van der Waals surface area contributed by atoms with Crippen LogP contribution in [0.25, 0.3) is 17.2 Å².